The first-order valence-corrected chi connectivity index (χ1v) is 7.47. The molecule has 0 saturated heterocycles. The minimum absolute atomic E-state index is 0.0792. The van der Waals surface area contributed by atoms with E-state index in [1.807, 2.05) is 11.6 Å². The second-order valence-electron chi connectivity index (χ2n) is 6.52. The third-order valence-electron chi connectivity index (χ3n) is 3.48. The van der Waals surface area contributed by atoms with Gasteiger partial charge >= 0.3 is 0 Å². The van der Waals surface area contributed by atoms with Crippen LogP contribution in [0.3, 0.4) is 0 Å². The maximum Gasteiger partial charge on any atom is 0.161 e. The molecule has 0 aliphatic carbocycles. The Bertz CT molecular complexity index is 437. The van der Waals surface area contributed by atoms with E-state index in [1.165, 1.54) is 0 Å². The Morgan fingerprint density at radius 2 is 2.00 bits per heavy atom. The first-order chi connectivity index (χ1) is 9.77. The van der Waals surface area contributed by atoms with Crippen LogP contribution in [0, 0.1) is 5.41 Å². The predicted molar refractivity (Wildman–Crippen MR) is 84.1 cm³/mol. The number of rotatable bonds is 7. The summed E-state index contributed by atoms with van der Waals surface area (Å²) in [5.74, 6) is 6.58. The van der Waals surface area contributed by atoms with Crippen LogP contribution in [-0.4, -0.2) is 29.6 Å². The molecule has 1 aromatic heterocycles. The van der Waals surface area contributed by atoms with Crippen LogP contribution >= 0.6 is 0 Å². The van der Waals surface area contributed by atoms with Crippen LogP contribution in [0.4, 0.5) is 0 Å². The number of aromatic nitrogens is 2. The molecule has 0 aliphatic rings. The molecule has 122 valence electrons. The van der Waals surface area contributed by atoms with E-state index in [0.29, 0.717) is 6.61 Å². The van der Waals surface area contributed by atoms with Crippen molar-refractivity contribution in [1.29, 1.82) is 0 Å². The number of nitrogens with two attached hydrogens (primary N) is 1. The Labute approximate surface area is 128 Å². The summed E-state index contributed by atoms with van der Waals surface area (Å²) in [6.45, 7) is 13.2. The molecule has 21 heavy (non-hydrogen) atoms. The molecule has 2 unspecified atom stereocenters. The summed E-state index contributed by atoms with van der Waals surface area (Å²) in [7, 11) is 1.64. The SMILES string of the molecule is CCOC(C(NN)c1c(OC)cnn1C(C)C)C(C)(C)C. The fraction of sp³-hybridized carbons (Fsp3) is 0.800. The molecule has 1 rings (SSSR count). The van der Waals surface area contributed by atoms with Crippen LogP contribution in [0.2, 0.25) is 0 Å². The molecular formula is C15H30N4O2. The Hall–Kier alpha value is -1.11. The molecule has 6 nitrogen and oxygen atoms in total. The number of methoxy groups -OCH3 is 1. The highest BCUT2D eigenvalue weighted by molar-refractivity contribution is 5.30. The van der Waals surface area contributed by atoms with Gasteiger partial charge in [-0.3, -0.25) is 10.5 Å². The van der Waals surface area contributed by atoms with Crippen molar-refractivity contribution >= 4 is 0 Å². The Kier molecular flexibility index (Phi) is 6.19. The fourth-order valence-corrected chi connectivity index (χ4v) is 2.56. The summed E-state index contributed by atoms with van der Waals surface area (Å²) in [4.78, 5) is 0. The van der Waals surface area contributed by atoms with Gasteiger partial charge in [-0.25, -0.2) is 5.43 Å². The summed E-state index contributed by atoms with van der Waals surface area (Å²) in [6, 6.07) is 0.00629. The minimum Gasteiger partial charge on any atom is -0.493 e. The zero-order chi connectivity index (χ0) is 16.2. The lowest BCUT2D eigenvalue weighted by atomic mass is 9.83. The average molecular weight is 298 g/mol. The van der Waals surface area contributed by atoms with Gasteiger partial charge in [0.25, 0.3) is 0 Å². The maximum absolute atomic E-state index is 5.98. The molecular weight excluding hydrogens is 268 g/mol. The van der Waals surface area contributed by atoms with E-state index in [4.69, 9.17) is 15.3 Å². The van der Waals surface area contributed by atoms with Crippen molar-refractivity contribution in [3.63, 3.8) is 0 Å². The lowest BCUT2D eigenvalue weighted by molar-refractivity contribution is -0.0390. The van der Waals surface area contributed by atoms with Crippen LogP contribution in [0.25, 0.3) is 0 Å². The average Bonchev–Trinajstić information content (AvgIpc) is 2.81. The molecule has 0 fully saturated rings. The van der Waals surface area contributed by atoms with Crippen molar-refractivity contribution in [3.05, 3.63) is 11.9 Å². The third-order valence-corrected chi connectivity index (χ3v) is 3.48. The lowest BCUT2D eigenvalue weighted by Crippen LogP contribution is -2.45. The molecule has 0 bridgehead atoms. The van der Waals surface area contributed by atoms with Crippen molar-refractivity contribution < 1.29 is 9.47 Å². The number of hydrogen-bond acceptors (Lipinski definition) is 5. The minimum atomic E-state index is -0.204. The molecule has 0 aromatic carbocycles. The van der Waals surface area contributed by atoms with Crippen molar-refractivity contribution in [2.24, 2.45) is 11.3 Å². The molecule has 2 atom stereocenters. The molecule has 0 radical (unpaired) electrons. The first kappa shape index (κ1) is 17.9. The Balaban J connectivity index is 3.33. The zero-order valence-corrected chi connectivity index (χ0v) is 14.3. The van der Waals surface area contributed by atoms with Crippen LogP contribution < -0.4 is 16.0 Å². The summed E-state index contributed by atoms with van der Waals surface area (Å²) >= 11 is 0. The maximum atomic E-state index is 5.98. The summed E-state index contributed by atoms with van der Waals surface area (Å²) in [6.07, 6.45) is 1.63. The van der Waals surface area contributed by atoms with Gasteiger partial charge in [0.05, 0.1) is 25.5 Å². The quantitative estimate of drug-likeness (QED) is 0.597. The summed E-state index contributed by atoms with van der Waals surface area (Å²) in [5.41, 5.74) is 3.74. The van der Waals surface area contributed by atoms with Gasteiger partial charge < -0.3 is 9.47 Å². The van der Waals surface area contributed by atoms with E-state index in [-0.39, 0.29) is 23.6 Å². The monoisotopic (exact) mass is 298 g/mol. The van der Waals surface area contributed by atoms with E-state index in [0.717, 1.165) is 11.4 Å². The van der Waals surface area contributed by atoms with E-state index < -0.39 is 0 Å². The van der Waals surface area contributed by atoms with Gasteiger partial charge in [0, 0.05) is 12.6 Å². The number of nitrogens with one attached hydrogen (secondary N) is 1. The summed E-state index contributed by atoms with van der Waals surface area (Å²) in [5, 5.41) is 4.42. The van der Waals surface area contributed by atoms with Gasteiger partial charge in [-0.15, -0.1) is 0 Å². The van der Waals surface area contributed by atoms with Crippen LogP contribution in [0.1, 0.15) is 59.3 Å². The van der Waals surface area contributed by atoms with Crippen LogP contribution in [0.15, 0.2) is 6.20 Å². The second-order valence-corrected chi connectivity index (χ2v) is 6.52. The van der Waals surface area contributed by atoms with Gasteiger partial charge in [0.15, 0.2) is 5.75 Å². The van der Waals surface area contributed by atoms with E-state index >= 15 is 0 Å². The predicted octanol–water partition coefficient (Wildman–Crippen LogP) is 2.43. The van der Waals surface area contributed by atoms with Gasteiger partial charge in [0.1, 0.15) is 5.69 Å². The van der Waals surface area contributed by atoms with Crippen molar-refractivity contribution in [2.75, 3.05) is 13.7 Å². The van der Waals surface area contributed by atoms with Crippen LogP contribution in [0.5, 0.6) is 5.75 Å². The largest absolute Gasteiger partial charge is 0.493 e. The number of nitrogens with zero attached hydrogens (tertiary/aromatic N) is 2. The molecule has 0 amide bonds. The zero-order valence-electron chi connectivity index (χ0n) is 14.3. The second kappa shape index (κ2) is 7.24. The Morgan fingerprint density at radius 3 is 2.38 bits per heavy atom. The van der Waals surface area contributed by atoms with Gasteiger partial charge in [0.2, 0.25) is 0 Å². The van der Waals surface area contributed by atoms with Crippen molar-refractivity contribution in [3.8, 4) is 5.75 Å². The van der Waals surface area contributed by atoms with E-state index in [9.17, 15) is 0 Å². The van der Waals surface area contributed by atoms with E-state index in [1.54, 1.807) is 13.3 Å². The molecule has 0 aliphatic heterocycles. The lowest BCUT2D eigenvalue weighted by Gasteiger charge is -2.37. The standard InChI is InChI=1S/C15H30N4O2/c1-8-21-14(15(4,5)6)12(18-16)13-11(20-7)9-17-19(13)10(2)3/h9-10,12,14,18H,8,16H2,1-7H3. The highest BCUT2D eigenvalue weighted by atomic mass is 16.5. The number of hydrogen-bond donors (Lipinski definition) is 2. The van der Waals surface area contributed by atoms with Crippen molar-refractivity contribution in [2.45, 2.75) is 59.7 Å². The van der Waals surface area contributed by atoms with E-state index in [2.05, 4.69) is 45.1 Å². The third kappa shape index (κ3) is 3.96. The molecule has 0 spiro atoms. The van der Waals surface area contributed by atoms with Crippen LogP contribution in [-0.2, 0) is 4.74 Å². The highest BCUT2D eigenvalue weighted by Crippen LogP contribution is 2.37. The van der Waals surface area contributed by atoms with Gasteiger partial charge in [-0.2, -0.15) is 5.10 Å². The number of hydrazine groups is 1. The highest BCUT2D eigenvalue weighted by Gasteiger charge is 2.37. The Morgan fingerprint density at radius 1 is 1.38 bits per heavy atom. The fourth-order valence-electron chi connectivity index (χ4n) is 2.56. The molecule has 1 heterocycles. The summed E-state index contributed by atoms with van der Waals surface area (Å²) < 4.78 is 13.4. The molecule has 0 saturated carbocycles. The molecule has 1 aromatic rings. The topological polar surface area (TPSA) is 74.3 Å². The smallest absolute Gasteiger partial charge is 0.161 e. The molecule has 3 N–H and O–H groups in total. The van der Waals surface area contributed by atoms with Crippen molar-refractivity contribution in [1.82, 2.24) is 15.2 Å². The van der Waals surface area contributed by atoms with Gasteiger partial charge in [-0.1, -0.05) is 20.8 Å². The van der Waals surface area contributed by atoms with Gasteiger partial charge in [-0.05, 0) is 26.2 Å². The molecule has 6 heteroatoms. The number of ether oxygens (including phenoxy) is 2. The first-order valence-electron chi connectivity index (χ1n) is 7.47. The normalized spacial score (nSPS) is 15.3.